The highest BCUT2D eigenvalue weighted by molar-refractivity contribution is 5.37. The van der Waals surface area contributed by atoms with E-state index in [9.17, 15) is 15.4 Å². The van der Waals surface area contributed by atoms with E-state index in [0.29, 0.717) is 12.1 Å². The van der Waals surface area contributed by atoms with E-state index in [2.05, 4.69) is 30.1 Å². The molecule has 0 aliphatic carbocycles. The van der Waals surface area contributed by atoms with E-state index in [1.165, 1.54) is 12.1 Å². The zero-order valence-electron chi connectivity index (χ0n) is 12.6. The van der Waals surface area contributed by atoms with E-state index < -0.39 is 11.0 Å². The van der Waals surface area contributed by atoms with Crippen molar-refractivity contribution in [2.75, 3.05) is 26.2 Å². The van der Waals surface area contributed by atoms with Crippen molar-refractivity contribution in [2.45, 2.75) is 26.3 Å². The number of nitro benzene ring substituents is 1. The first-order chi connectivity index (χ1) is 10.1. The number of rotatable bonds is 9. The van der Waals surface area contributed by atoms with Crippen LogP contribution in [0.1, 0.15) is 31.9 Å². The number of non-ortho nitro benzene ring substituents is 1. The van der Waals surface area contributed by atoms with Gasteiger partial charge < -0.3 is 4.90 Å². The summed E-state index contributed by atoms with van der Waals surface area (Å²) in [6.07, 6.45) is 0.939. The van der Waals surface area contributed by atoms with Crippen LogP contribution in [0.15, 0.2) is 24.3 Å². The molecule has 0 saturated heterocycles. The molecule has 1 unspecified atom stereocenters. The molecular formula is C15H22N4O2. The lowest BCUT2D eigenvalue weighted by atomic mass is 10.1. The van der Waals surface area contributed by atoms with Gasteiger partial charge in [-0.05, 0) is 38.2 Å². The number of hydrogen-bond donors (Lipinski definition) is 1. The Labute approximate surface area is 125 Å². The molecule has 0 spiro atoms. The molecule has 21 heavy (non-hydrogen) atoms. The Kier molecular flexibility index (Phi) is 7.37. The molecule has 0 amide bonds. The summed E-state index contributed by atoms with van der Waals surface area (Å²) in [5.74, 6) is 0. The first-order valence-corrected chi connectivity index (χ1v) is 7.22. The lowest BCUT2D eigenvalue weighted by molar-refractivity contribution is -0.384. The number of nitrogens with one attached hydrogen (secondary N) is 1. The topological polar surface area (TPSA) is 82.2 Å². The van der Waals surface area contributed by atoms with Crippen LogP contribution >= 0.6 is 0 Å². The maximum atomic E-state index is 10.8. The highest BCUT2D eigenvalue weighted by Crippen LogP contribution is 2.18. The summed E-state index contributed by atoms with van der Waals surface area (Å²) in [6, 6.07) is 7.86. The second-order valence-electron chi connectivity index (χ2n) is 4.75. The molecule has 0 aromatic heterocycles. The predicted molar refractivity (Wildman–Crippen MR) is 81.9 cm³/mol. The minimum atomic E-state index is -0.512. The van der Waals surface area contributed by atoms with Crippen molar-refractivity contribution < 1.29 is 4.92 Å². The van der Waals surface area contributed by atoms with Gasteiger partial charge in [0.05, 0.1) is 11.0 Å². The number of nitriles is 1. The van der Waals surface area contributed by atoms with E-state index in [1.807, 2.05) is 0 Å². The number of nitrogens with zero attached hydrogens (tertiary/aromatic N) is 3. The standard InChI is InChI=1S/C15H22N4O2/c1-3-18(4-2)10-6-9-17-15(12-16)13-7-5-8-14(11-13)19(20)21/h5,7-8,11,15,17H,3-4,6,9-10H2,1-2H3. The lowest BCUT2D eigenvalue weighted by Gasteiger charge is -2.18. The van der Waals surface area contributed by atoms with E-state index in [-0.39, 0.29) is 5.69 Å². The molecule has 114 valence electrons. The van der Waals surface area contributed by atoms with Gasteiger partial charge in [-0.3, -0.25) is 15.4 Å². The van der Waals surface area contributed by atoms with Gasteiger partial charge in [-0.15, -0.1) is 0 Å². The number of benzene rings is 1. The largest absolute Gasteiger partial charge is 0.304 e. The fourth-order valence-electron chi connectivity index (χ4n) is 2.14. The zero-order valence-corrected chi connectivity index (χ0v) is 12.6. The van der Waals surface area contributed by atoms with E-state index in [4.69, 9.17) is 0 Å². The Morgan fingerprint density at radius 1 is 1.43 bits per heavy atom. The highest BCUT2D eigenvalue weighted by atomic mass is 16.6. The normalized spacial score (nSPS) is 12.1. The van der Waals surface area contributed by atoms with Crippen LogP contribution < -0.4 is 5.32 Å². The van der Waals surface area contributed by atoms with Gasteiger partial charge in [0, 0.05) is 12.1 Å². The van der Waals surface area contributed by atoms with Crippen LogP contribution in [0.25, 0.3) is 0 Å². The summed E-state index contributed by atoms with van der Waals surface area (Å²) < 4.78 is 0. The fourth-order valence-corrected chi connectivity index (χ4v) is 2.14. The van der Waals surface area contributed by atoms with E-state index in [1.54, 1.807) is 12.1 Å². The summed E-state index contributed by atoms with van der Waals surface area (Å²) >= 11 is 0. The van der Waals surface area contributed by atoms with Crippen LogP contribution in [0.5, 0.6) is 0 Å². The SMILES string of the molecule is CCN(CC)CCCNC(C#N)c1cccc([N+](=O)[O-])c1. The first-order valence-electron chi connectivity index (χ1n) is 7.22. The molecule has 0 aliphatic heterocycles. The molecule has 1 rings (SSSR count). The van der Waals surface area contributed by atoms with Gasteiger partial charge in [-0.1, -0.05) is 26.0 Å². The van der Waals surface area contributed by atoms with Gasteiger partial charge in [-0.25, -0.2) is 0 Å². The smallest absolute Gasteiger partial charge is 0.269 e. The van der Waals surface area contributed by atoms with Crippen LogP contribution in [0.2, 0.25) is 0 Å². The zero-order chi connectivity index (χ0) is 15.7. The molecule has 0 heterocycles. The van der Waals surface area contributed by atoms with Gasteiger partial charge in [0.25, 0.3) is 5.69 Å². The maximum Gasteiger partial charge on any atom is 0.269 e. The summed E-state index contributed by atoms with van der Waals surface area (Å²) in [7, 11) is 0. The third-order valence-corrected chi connectivity index (χ3v) is 3.44. The number of hydrogen-bond acceptors (Lipinski definition) is 5. The molecule has 1 aromatic rings. The van der Waals surface area contributed by atoms with Crippen molar-refractivity contribution in [1.29, 1.82) is 5.26 Å². The van der Waals surface area contributed by atoms with Crippen molar-refractivity contribution in [2.24, 2.45) is 0 Å². The molecule has 0 radical (unpaired) electrons. The molecule has 1 aromatic carbocycles. The van der Waals surface area contributed by atoms with E-state index in [0.717, 1.165) is 26.1 Å². The Hall–Kier alpha value is -1.97. The quantitative estimate of drug-likeness (QED) is 0.429. The van der Waals surface area contributed by atoms with Crippen LogP contribution in [-0.2, 0) is 0 Å². The minimum Gasteiger partial charge on any atom is -0.304 e. The summed E-state index contributed by atoms with van der Waals surface area (Å²) in [6.45, 7) is 7.97. The maximum absolute atomic E-state index is 10.8. The van der Waals surface area contributed by atoms with Crippen molar-refractivity contribution in [3.8, 4) is 6.07 Å². The first kappa shape index (κ1) is 17.1. The van der Waals surface area contributed by atoms with Crippen molar-refractivity contribution >= 4 is 5.69 Å². The molecule has 1 atom stereocenters. The lowest BCUT2D eigenvalue weighted by Crippen LogP contribution is -2.28. The highest BCUT2D eigenvalue weighted by Gasteiger charge is 2.13. The summed E-state index contributed by atoms with van der Waals surface area (Å²) in [5.41, 5.74) is 0.646. The molecule has 6 nitrogen and oxygen atoms in total. The molecule has 0 fully saturated rings. The van der Waals surface area contributed by atoms with Crippen LogP contribution in [0, 0.1) is 21.4 Å². The second kappa shape index (κ2) is 9.06. The molecule has 0 bridgehead atoms. The molecule has 0 aliphatic rings. The molecule has 1 N–H and O–H groups in total. The molecule has 0 saturated carbocycles. The van der Waals surface area contributed by atoms with Gasteiger partial charge in [0.2, 0.25) is 0 Å². The Bertz CT molecular complexity index is 495. The minimum absolute atomic E-state index is 0.0118. The molecular weight excluding hydrogens is 268 g/mol. The number of nitro groups is 1. The second-order valence-corrected chi connectivity index (χ2v) is 4.75. The Morgan fingerprint density at radius 2 is 2.14 bits per heavy atom. The van der Waals surface area contributed by atoms with E-state index >= 15 is 0 Å². The average molecular weight is 290 g/mol. The van der Waals surface area contributed by atoms with Gasteiger partial charge >= 0.3 is 0 Å². The Balaban J connectivity index is 2.54. The van der Waals surface area contributed by atoms with Crippen LogP contribution in [-0.4, -0.2) is 36.0 Å². The molecule has 6 heteroatoms. The summed E-state index contributed by atoms with van der Waals surface area (Å²) in [5, 5.41) is 23.1. The van der Waals surface area contributed by atoms with Crippen LogP contribution in [0.4, 0.5) is 5.69 Å². The monoisotopic (exact) mass is 290 g/mol. The third kappa shape index (κ3) is 5.50. The van der Waals surface area contributed by atoms with Crippen molar-refractivity contribution in [1.82, 2.24) is 10.2 Å². The van der Waals surface area contributed by atoms with Crippen molar-refractivity contribution in [3.05, 3.63) is 39.9 Å². The summed E-state index contributed by atoms with van der Waals surface area (Å²) in [4.78, 5) is 12.6. The van der Waals surface area contributed by atoms with Gasteiger partial charge in [0.1, 0.15) is 6.04 Å². The van der Waals surface area contributed by atoms with Gasteiger partial charge in [0.15, 0.2) is 0 Å². The van der Waals surface area contributed by atoms with Crippen molar-refractivity contribution in [3.63, 3.8) is 0 Å². The predicted octanol–water partition coefficient (Wildman–Crippen LogP) is 2.48. The van der Waals surface area contributed by atoms with Gasteiger partial charge in [-0.2, -0.15) is 5.26 Å². The average Bonchev–Trinajstić information content (AvgIpc) is 2.51. The third-order valence-electron chi connectivity index (χ3n) is 3.44. The fraction of sp³-hybridized carbons (Fsp3) is 0.533. The van der Waals surface area contributed by atoms with Crippen LogP contribution in [0.3, 0.4) is 0 Å². The Morgan fingerprint density at radius 3 is 2.71 bits per heavy atom.